The van der Waals surface area contributed by atoms with Gasteiger partial charge in [-0.1, -0.05) is 67.6 Å². The van der Waals surface area contributed by atoms with Crippen LogP contribution in [0.2, 0.25) is 0 Å². The minimum Gasteiger partial charge on any atom is -0.345 e. The number of thioether (sulfide) groups is 1. The first-order chi connectivity index (χ1) is 14.0. The molecule has 1 aromatic heterocycles. The van der Waals surface area contributed by atoms with Crippen molar-refractivity contribution in [1.82, 2.24) is 14.5 Å². The average Bonchev–Trinajstić information content (AvgIpc) is 2.76. The molecule has 0 aliphatic heterocycles. The van der Waals surface area contributed by atoms with Crippen LogP contribution in [-0.4, -0.2) is 39.7 Å². The number of nitrogens with zero attached hydrogens (tertiary/aromatic N) is 3. The molecule has 0 N–H and O–H groups in total. The Morgan fingerprint density at radius 1 is 1.14 bits per heavy atom. The van der Waals surface area contributed by atoms with E-state index >= 15 is 0 Å². The molecular formula is C23H27N3O2S. The SMILES string of the molecule is CCCCN(C)C(=O)CSc1nc2ccccc2c(=O)n1[C@H](C)c1ccccc1. The number of hydrogen-bond donors (Lipinski definition) is 0. The summed E-state index contributed by atoms with van der Waals surface area (Å²) in [4.78, 5) is 32.3. The summed E-state index contributed by atoms with van der Waals surface area (Å²) in [6.45, 7) is 4.84. The molecule has 6 heteroatoms. The zero-order valence-corrected chi connectivity index (χ0v) is 18.0. The van der Waals surface area contributed by atoms with Crippen LogP contribution in [-0.2, 0) is 4.79 Å². The molecule has 3 aromatic rings. The Hall–Kier alpha value is -2.60. The Balaban J connectivity index is 1.97. The third kappa shape index (κ3) is 4.88. The molecule has 5 nitrogen and oxygen atoms in total. The second kappa shape index (κ2) is 9.74. The van der Waals surface area contributed by atoms with Crippen molar-refractivity contribution in [1.29, 1.82) is 0 Å². The predicted octanol–water partition coefficient (Wildman–Crippen LogP) is 4.36. The third-order valence-corrected chi connectivity index (χ3v) is 5.98. The molecular weight excluding hydrogens is 382 g/mol. The zero-order valence-electron chi connectivity index (χ0n) is 17.2. The van der Waals surface area contributed by atoms with E-state index < -0.39 is 0 Å². The number of benzene rings is 2. The van der Waals surface area contributed by atoms with Gasteiger partial charge < -0.3 is 4.90 Å². The summed E-state index contributed by atoms with van der Waals surface area (Å²) >= 11 is 1.33. The molecule has 1 atom stereocenters. The molecule has 2 aromatic carbocycles. The molecule has 0 radical (unpaired) electrons. The smallest absolute Gasteiger partial charge is 0.262 e. The zero-order chi connectivity index (χ0) is 20.8. The summed E-state index contributed by atoms with van der Waals surface area (Å²) in [5.74, 6) is 0.303. The van der Waals surface area contributed by atoms with Crippen LogP contribution in [0.5, 0.6) is 0 Å². The van der Waals surface area contributed by atoms with Gasteiger partial charge in [-0.15, -0.1) is 0 Å². The third-order valence-electron chi connectivity index (χ3n) is 5.04. The summed E-state index contributed by atoms with van der Waals surface area (Å²) in [6.07, 6.45) is 2.03. The van der Waals surface area contributed by atoms with Crippen molar-refractivity contribution < 1.29 is 4.79 Å². The Bertz CT molecular complexity index is 1030. The second-order valence-electron chi connectivity index (χ2n) is 7.13. The van der Waals surface area contributed by atoms with Gasteiger partial charge in [0.25, 0.3) is 5.56 Å². The number of carbonyl (C=O) groups is 1. The van der Waals surface area contributed by atoms with Crippen LogP contribution >= 0.6 is 11.8 Å². The molecule has 0 aliphatic carbocycles. The topological polar surface area (TPSA) is 55.2 Å². The van der Waals surface area contributed by atoms with E-state index in [-0.39, 0.29) is 23.3 Å². The van der Waals surface area contributed by atoms with Crippen molar-refractivity contribution in [2.45, 2.75) is 37.9 Å². The molecule has 0 saturated carbocycles. The van der Waals surface area contributed by atoms with E-state index in [2.05, 4.69) is 6.92 Å². The highest BCUT2D eigenvalue weighted by atomic mass is 32.2. The monoisotopic (exact) mass is 409 g/mol. The lowest BCUT2D eigenvalue weighted by atomic mass is 10.1. The van der Waals surface area contributed by atoms with Gasteiger partial charge in [-0.25, -0.2) is 4.98 Å². The van der Waals surface area contributed by atoms with Crippen molar-refractivity contribution in [3.05, 3.63) is 70.5 Å². The first kappa shape index (κ1) is 21.1. The van der Waals surface area contributed by atoms with Gasteiger partial charge in [0.05, 0.1) is 22.7 Å². The maximum absolute atomic E-state index is 13.3. The number of rotatable bonds is 8. The standard InChI is InChI=1S/C23H27N3O2S/c1-4-5-15-25(3)21(27)16-29-23-24-20-14-10-9-13-19(20)22(28)26(23)17(2)18-11-7-6-8-12-18/h6-14,17H,4-5,15-16H2,1-3H3/t17-/m1/s1. The number of carbonyl (C=O) groups excluding carboxylic acids is 1. The molecule has 1 amide bonds. The lowest BCUT2D eigenvalue weighted by Gasteiger charge is -2.21. The Kier molecular flexibility index (Phi) is 7.09. The molecule has 0 unspecified atom stereocenters. The fourth-order valence-electron chi connectivity index (χ4n) is 3.21. The minimum absolute atomic E-state index is 0.0461. The average molecular weight is 410 g/mol. The van der Waals surface area contributed by atoms with Crippen LogP contribution in [0.1, 0.15) is 38.3 Å². The summed E-state index contributed by atoms with van der Waals surface area (Å²) in [6, 6.07) is 17.1. The molecule has 29 heavy (non-hydrogen) atoms. The second-order valence-corrected chi connectivity index (χ2v) is 8.07. The Labute approximate surface area is 175 Å². The van der Waals surface area contributed by atoms with Crippen LogP contribution in [0.3, 0.4) is 0 Å². The highest BCUT2D eigenvalue weighted by molar-refractivity contribution is 7.99. The first-order valence-electron chi connectivity index (χ1n) is 9.96. The van der Waals surface area contributed by atoms with Crippen molar-refractivity contribution >= 4 is 28.6 Å². The number of para-hydroxylation sites is 1. The van der Waals surface area contributed by atoms with Gasteiger partial charge in [-0.3, -0.25) is 14.2 Å². The maximum atomic E-state index is 13.3. The van der Waals surface area contributed by atoms with Crippen LogP contribution < -0.4 is 5.56 Å². The van der Waals surface area contributed by atoms with Crippen LogP contribution in [0.4, 0.5) is 0 Å². The molecule has 0 bridgehead atoms. The van der Waals surface area contributed by atoms with E-state index in [0.29, 0.717) is 16.1 Å². The lowest BCUT2D eigenvalue weighted by Crippen LogP contribution is -2.30. The number of amides is 1. The molecule has 0 saturated heterocycles. The van der Waals surface area contributed by atoms with E-state index in [4.69, 9.17) is 4.98 Å². The van der Waals surface area contributed by atoms with Gasteiger partial charge in [0.15, 0.2) is 5.16 Å². The van der Waals surface area contributed by atoms with E-state index in [9.17, 15) is 9.59 Å². The number of unbranched alkanes of at least 4 members (excludes halogenated alkanes) is 1. The summed E-state index contributed by atoms with van der Waals surface area (Å²) in [7, 11) is 1.83. The fourth-order valence-corrected chi connectivity index (χ4v) is 4.22. The van der Waals surface area contributed by atoms with Gasteiger partial charge in [-0.05, 0) is 31.0 Å². The Morgan fingerprint density at radius 2 is 1.83 bits per heavy atom. The number of aromatic nitrogens is 2. The highest BCUT2D eigenvalue weighted by Crippen LogP contribution is 2.25. The molecule has 1 heterocycles. The van der Waals surface area contributed by atoms with Gasteiger partial charge in [0, 0.05) is 13.6 Å². The van der Waals surface area contributed by atoms with Gasteiger partial charge in [0.2, 0.25) is 5.91 Å². The lowest BCUT2D eigenvalue weighted by molar-refractivity contribution is -0.127. The molecule has 0 spiro atoms. The van der Waals surface area contributed by atoms with Crippen LogP contribution in [0, 0.1) is 0 Å². The van der Waals surface area contributed by atoms with Crippen molar-refractivity contribution in [3.8, 4) is 0 Å². The van der Waals surface area contributed by atoms with E-state index in [1.807, 2.05) is 62.5 Å². The van der Waals surface area contributed by atoms with E-state index in [0.717, 1.165) is 24.9 Å². The summed E-state index contributed by atoms with van der Waals surface area (Å²) < 4.78 is 1.71. The number of hydrogen-bond acceptors (Lipinski definition) is 4. The quantitative estimate of drug-likeness (QED) is 0.410. The van der Waals surface area contributed by atoms with Crippen LogP contribution in [0.25, 0.3) is 10.9 Å². The van der Waals surface area contributed by atoms with Crippen molar-refractivity contribution in [2.24, 2.45) is 0 Å². The largest absolute Gasteiger partial charge is 0.345 e. The van der Waals surface area contributed by atoms with E-state index in [1.165, 1.54) is 11.8 Å². The first-order valence-corrected chi connectivity index (χ1v) is 10.9. The predicted molar refractivity (Wildman–Crippen MR) is 120 cm³/mol. The van der Waals surface area contributed by atoms with Gasteiger partial charge in [-0.2, -0.15) is 0 Å². The van der Waals surface area contributed by atoms with Gasteiger partial charge in [0.1, 0.15) is 0 Å². The summed E-state index contributed by atoms with van der Waals surface area (Å²) in [5, 5.41) is 1.16. The summed E-state index contributed by atoms with van der Waals surface area (Å²) in [5.41, 5.74) is 1.60. The van der Waals surface area contributed by atoms with Crippen LogP contribution in [0.15, 0.2) is 64.5 Å². The Morgan fingerprint density at radius 3 is 2.55 bits per heavy atom. The normalized spacial score (nSPS) is 12.1. The number of fused-ring (bicyclic) bond motifs is 1. The van der Waals surface area contributed by atoms with Crippen molar-refractivity contribution in [3.63, 3.8) is 0 Å². The fraction of sp³-hybridized carbons (Fsp3) is 0.348. The highest BCUT2D eigenvalue weighted by Gasteiger charge is 2.19. The molecule has 152 valence electrons. The molecule has 0 aliphatic rings. The van der Waals surface area contributed by atoms with Gasteiger partial charge >= 0.3 is 0 Å². The minimum atomic E-state index is -0.184. The molecule has 3 rings (SSSR count). The maximum Gasteiger partial charge on any atom is 0.262 e. The van der Waals surface area contributed by atoms with E-state index in [1.54, 1.807) is 15.5 Å². The molecule has 0 fully saturated rings. The van der Waals surface area contributed by atoms with Crippen molar-refractivity contribution in [2.75, 3.05) is 19.3 Å².